The number of carbonyl (C=O) groups excluding carboxylic acids is 3. The molecule has 1 aromatic rings. The van der Waals surface area contributed by atoms with E-state index in [4.69, 9.17) is 4.74 Å². The van der Waals surface area contributed by atoms with Gasteiger partial charge >= 0.3 is 11.9 Å². The summed E-state index contributed by atoms with van der Waals surface area (Å²) in [7, 11) is 1.21. The molecule has 0 fully saturated rings. The summed E-state index contributed by atoms with van der Waals surface area (Å²) in [5.41, 5.74) is 0.305. The van der Waals surface area contributed by atoms with Crippen molar-refractivity contribution in [3.8, 4) is 5.75 Å². The minimum absolute atomic E-state index is 0.0212. The Morgan fingerprint density at radius 3 is 2.33 bits per heavy atom. The highest BCUT2D eigenvalue weighted by Crippen LogP contribution is 2.29. The van der Waals surface area contributed by atoms with Gasteiger partial charge in [-0.2, -0.15) is 0 Å². The molecule has 0 aliphatic heterocycles. The Balaban J connectivity index is 3.29. The molecule has 0 spiro atoms. The van der Waals surface area contributed by atoms with Gasteiger partial charge in [-0.25, -0.2) is 4.79 Å². The normalized spacial score (nSPS) is 9.50. The van der Waals surface area contributed by atoms with Crippen molar-refractivity contribution in [1.29, 1.82) is 0 Å². The van der Waals surface area contributed by atoms with Crippen LogP contribution in [0, 0.1) is 0 Å². The Hall–Kier alpha value is -2.37. The van der Waals surface area contributed by atoms with E-state index in [0.717, 1.165) is 0 Å². The molecule has 0 saturated carbocycles. The standard InChI is InChI=1S/C12H13NO5/c1-7(14)13-10-6-4-5-9(12(16)17-3)11(10)18-8(2)15/h4-6H,1-3H3,(H,13,14). The molecule has 0 bridgehead atoms. The van der Waals surface area contributed by atoms with Crippen molar-refractivity contribution in [2.75, 3.05) is 12.4 Å². The van der Waals surface area contributed by atoms with Crippen LogP contribution in [0.4, 0.5) is 5.69 Å². The average molecular weight is 251 g/mol. The first-order valence-corrected chi connectivity index (χ1v) is 5.13. The third kappa shape index (κ3) is 3.31. The fourth-order valence-corrected chi connectivity index (χ4v) is 1.35. The number of hydrogen-bond acceptors (Lipinski definition) is 5. The second-order valence-corrected chi connectivity index (χ2v) is 3.45. The summed E-state index contributed by atoms with van der Waals surface area (Å²) >= 11 is 0. The van der Waals surface area contributed by atoms with Gasteiger partial charge in [0.1, 0.15) is 5.56 Å². The number of carbonyl (C=O) groups is 3. The summed E-state index contributed by atoms with van der Waals surface area (Å²) in [4.78, 5) is 33.6. The van der Waals surface area contributed by atoms with Crippen LogP contribution >= 0.6 is 0 Å². The summed E-state index contributed by atoms with van der Waals surface area (Å²) < 4.78 is 9.52. The lowest BCUT2D eigenvalue weighted by Crippen LogP contribution is -2.13. The lowest BCUT2D eigenvalue weighted by molar-refractivity contribution is -0.131. The topological polar surface area (TPSA) is 81.7 Å². The number of para-hydroxylation sites is 1. The van der Waals surface area contributed by atoms with E-state index in [1.54, 1.807) is 6.07 Å². The van der Waals surface area contributed by atoms with Crippen molar-refractivity contribution in [3.63, 3.8) is 0 Å². The summed E-state index contributed by atoms with van der Waals surface area (Å²) in [6, 6.07) is 4.51. The van der Waals surface area contributed by atoms with Gasteiger partial charge in [0.25, 0.3) is 0 Å². The molecule has 0 heterocycles. The van der Waals surface area contributed by atoms with Crippen LogP contribution in [0.2, 0.25) is 0 Å². The molecule has 0 aliphatic carbocycles. The predicted octanol–water partition coefficient (Wildman–Crippen LogP) is 1.36. The van der Waals surface area contributed by atoms with E-state index in [1.165, 1.54) is 33.1 Å². The molecule has 0 aromatic heterocycles. The zero-order valence-corrected chi connectivity index (χ0v) is 10.3. The Labute approximate surface area is 104 Å². The Bertz CT molecular complexity index is 495. The first-order chi connectivity index (χ1) is 8.45. The quantitative estimate of drug-likeness (QED) is 0.647. The van der Waals surface area contributed by atoms with Gasteiger partial charge in [0.15, 0.2) is 5.75 Å². The highest BCUT2D eigenvalue weighted by atomic mass is 16.5. The van der Waals surface area contributed by atoms with Crippen LogP contribution in [-0.4, -0.2) is 25.0 Å². The molecule has 1 aromatic carbocycles. The fourth-order valence-electron chi connectivity index (χ4n) is 1.35. The molecule has 6 nitrogen and oxygen atoms in total. The maximum Gasteiger partial charge on any atom is 0.341 e. The number of ether oxygens (including phenoxy) is 2. The molecule has 6 heteroatoms. The third-order valence-electron chi connectivity index (χ3n) is 1.98. The molecular formula is C12H13NO5. The summed E-state index contributed by atoms with van der Waals surface area (Å²) in [6.07, 6.45) is 0. The average Bonchev–Trinajstić information content (AvgIpc) is 2.29. The lowest BCUT2D eigenvalue weighted by atomic mass is 10.1. The van der Waals surface area contributed by atoms with Gasteiger partial charge < -0.3 is 14.8 Å². The van der Waals surface area contributed by atoms with Crippen LogP contribution in [0.25, 0.3) is 0 Å². The van der Waals surface area contributed by atoms with E-state index in [1.807, 2.05) is 0 Å². The molecule has 1 amide bonds. The van der Waals surface area contributed by atoms with Crippen LogP contribution < -0.4 is 10.1 Å². The van der Waals surface area contributed by atoms with Crippen LogP contribution in [0.5, 0.6) is 5.75 Å². The van der Waals surface area contributed by atoms with E-state index in [-0.39, 0.29) is 22.9 Å². The fraction of sp³-hybridized carbons (Fsp3) is 0.250. The number of nitrogens with one attached hydrogen (secondary N) is 1. The first-order valence-electron chi connectivity index (χ1n) is 5.13. The molecular weight excluding hydrogens is 238 g/mol. The van der Waals surface area contributed by atoms with Gasteiger partial charge in [-0.05, 0) is 12.1 Å². The van der Waals surface area contributed by atoms with Crippen molar-refractivity contribution in [3.05, 3.63) is 23.8 Å². The molecule has 0 unspecified atom stereocenters. The number of hydrogen-bond donors (Lipinski definition) is 1. The zero-order chi connectivity index (χ0) is 13.7. The van der Waals surface area contributed by atoms with Gasteiger partial charge in [-0.1, -0.05) is 6.07 Å². The maximum absolute atomic E-state index is 11.5. The SMILES string of the molecule is COC(=O)c1cccc(NC(C)=O)c1OC(C)=O. The first kappa shape index (κ1) is 13.7. The van der Waals surface area contributed by atoms with Crippen molar-refractivity contribution >= 4 is 23.5 Å². The molecule has 0 radical (unpaired) electrons. The van der Waals surface area contributed by atoms with E-state index in [2.05, 4.69) is 10.1 Å². The molecule has 18 heavy (non-hydrogen) atoms. The third-order valence-corrected chi connectivity index (χ3v) is 1.98. The molecule has 0 atom stereocenters. The second-order valence-electron chi connectivity index (χ2n) is 3.45. The second kappa shape index (κ2) is 5.81. The van der Waals surface area contributed by atoms with Crippen molar-refractivity contribution in [1.82, 2.24) is 0 Å². The van der Waals surface area contributed by atoms with Crippen LogP contribution in [0.1, 0.15) is 24.2 Å². The van der Waals surface area contributed by atoms with Crippen LogP contribution in [-0.2, 0) is 14.3 Å². The van der Waals surface area contributed by atoms with Crippen molar-refractivity contribution in [2.45, 2.75) is 13.8 Å². The number of rotatable bonds is 3. The van der Waals surface area contributed by atoms with Crippen molar-refractivity contribution < 1.29 is 23.9 Å². The maximum atomic E-state index is 11.5. The number of methoxy groups -OCH3 is 1. The monoisotopic (exact) mass is 251 g/mol. The molecule has 0 saturated heterocycles. The highest BCUT2D eigenvalue weighted by Gasteiger charge is 2.18. The molecule has 0 aliphatic rings. The smallest absolute Gasteiger partial charge is 0.341 e. The van der Waals surface area contributed by atoms with E-state index in [0.29, 0.717) is 0 Å². The lowest BCUT2D eigenvalue weighted by Gasteiger charge is -2.12. The van der Waals surface area contributed by atoms with Gasteiger partial charge in [0, 0.05) is 13.8 Å². The molecule has 1 N–H and O–H groups in total. The van der Waals surface area contributed by atoms with Crippen LogP contribution in [0.15, 0.2) is 18.2 Å². The van der Waals surface area contributed by atoms with E-state index in [9.17, 15) is 14.4 Å². The van der Waals surface area contributed by atoms with E-state index < -0.39 is 11.9 Å². The minimum Gasteiger partial charge on any atom is -0.465 e. The number of anilines is 1. The molecule has 1 rings (SSSR count). The summed E-state index contributed by atoms with van der Waals surface area (Å²) in [6.45, 7) is 2.51. The van der Waals surface area contributed by atoms with Gasteiger partial charge in [-0.3, -0.25) is 9.59 Å². The number of benzene rings is 1. The highest BCUT2D eigenvalue weighted by molar-refractivity contribution is 5.99. The summed E-state index contributed by atoms with van der Waals surface area (Å²) in [5, 5.41) is 2.47. The van der Waals surface area contributed by atoms with Gasteiger partial charge in [0.2, 0.25) is 5.91 Å². The number of esters is 2. The Kier molecular flexibility index (Phi) is 4.42. The predicted molar refractivity (Wildman–Crippen MR) is 63.4 cm³/mol. The van der Waals surface area contributed by atoms with Gasteiger partial charge in [-0.15, -0.1) is 0 Å². The van der Waals surface area contributed by atoms with Crippen LogP contribution in [0.3, 0.4) is 0 Å². The number of amides is 1. The van der Waals surface area contributed by atoms with E-state index >= 15 is 0 Å². The largest absolute Gasteiger partial charge is 0.465 e. The van der Waals surface area contributed by atoms with Gasteiger partial charge in [0.05, 0.1) is 12.8 Å². The molecule has 96 valence electrons. The minimum atomic E-state index is -0.654. The summed E-state index contributed by atoms with van der Waals surface area (Å²) in [5.74, 6) is -1.62. The Morgan fingerprint density at radius 1 is 1.17 bits per heavy atom. The Morgan fingerprint density at radius 2 is 1.83 bits per heavy atom. The van der Waals surface area contributed by atoms with Crippen molar-refractivity contribution in [2.24, 2.45) is 0 Å². The zero-order valence-electron chi connectivity index (χ0n) is 10.3.